The highest BCUT2D eigenvalue weighted by Crippen LogP contribution is 2.27. The number of aromatic nitrogens is 2. The Labute approximate surface area is 118 Å². The van der Waals surface area contributed by atoms with Crippen LogP contribution in [0.2, 0.25) is 5.02 Å². The van der Waals surface area contributed by atoms with E-state index in [0.29, 0.717) is 0 Å². The Morgan fingerprint density at radius 2 is 2.11 bits per heavy atom. The molecule has 0 unspecified atom stereocenters. The smallest absolute Gasteiger partial charge is 0.106 e. The Morgan fingerprint density at radius 1 is 1.32 bits per heavy atom. The van der Waals surface area contributed by atoms with Crippen LogP contribution in [0, 0.1) is 6.92 Å². The molecular formula is C15H18ClN3. The normalized spacial score (nSPS) is 14.4. The first kappa shape index (κ1) is 12.5. The fourth-order valence-electron chi connectivity index (χ4n) is 2.85. The van der Waals surface area contributed by atoms with Crippen LogP contribution in [0.3, 0.4) is 0 Å². The summed E-state index contributed by atoms with van der Waals surface area (Å²) in [5, 5.41) is 0.734. The average Bonchev–Trinajstić information content (AvgIpc) is 2.70. The van der Waals surface area contributed by atoms with Gasteiger partial charge in [0.1, 0.15) is 5.82 Å². The van der Waals surface area contributed by atoms with E-state index >= 15 is 0 Å². The molecule has 1 aromatic heterocycles. The number of halogens is 1. The van der Waals surface area contributed by atoms with Crippen LogP contribution in [-0.2, 0) is 19.4 Å². The number of fused-ring (bicyclic) bond motifs is 1. The van der Waals surface area contributed by atoms with Crippen molar-refractivity contribution in [2.24, 2.45) is 0 Å². The number of hydrogen-bond acceptors (Lipinski definition) is 2. The molecule has 2 N–H and O–H groups in total. The zero-order chi connectivity index (χ0) is 13.4. The zero-order valence-corrected chi connectivity index (χ0v) is 11.9. The minimum absolute atomic E-state index is 0.722. The summed E-state index contributed by atoms with van der Waals surface area (Å²) >= 11 is 6.27. The van der Waals surface area contributed by atoms with Crippen molar-refractivity contribution in [3.8, 4) is 0 Å². The van der Waals surface area contributed by atoms with E-state index in [1.807, 2.05) is 18.2 Å². The number of benzene rings is 1. The van der Waals surface area contributed by atoms with E-state index in [4.69, 9.17) is 17.3 Å². The molecule has 0 bridgehead atoms. The third-order valence-corrected chi connectivity index (χ3v) is 4.25. The summed E-state index contributed by atoms with van der Waals surface area (Å²) < 4.78 is 2.27. The van der Waals surface area contributed by atoms with Crippen molar-refractivity contribution < 1.29 is 0 Å². The van der Waals surface area contributed by atoms with Crippen molar-refractivity contribution in [2.45, 2.75) is 39.2 Å². The summed E-state index contributed by atoms with van der Waals surface area (Å²) in [7, 11) is 0. The zero-order valence-electron chi connectivity index (χ0n) is 11.1. The lowest BCUT2D eigenvalue weighted by molar-refractivity contribution is 0.625. The highest BCUT2D eigenvalue weighted by Gasteiger charge is 2.19. The summed E-state index contributed by atoms with van der Waals surface area (Å²) in [6.45, 7) is 2.78. The SMILES string of the molecule is Cc1nc2c(n1Cc1c(N)cccc1Cl)CCCC2. The Hall–Kier alpha value is -1.48. The Kier molecular flexibility index (Phi) is 3.23. The van der Waals surface area contributed by atoms with Crippen molar-refractivity contribution >= 4 is 17.3 Å². The largest absolute Gasteiger partial charge is 0.398 e. The van der Waals surface area contributed by atoms with Gasteiger partial charge in [-0.05, 0) is 44.7 Å². The Balaban J connectivity index is 2.02. The third kappa shape index (κ3) is 2.23. The first-order valence-corrected chi connectivity index (χ1v) is 7.12. The molecule has 0 saturated heterocycles. The molecule has 1 aromatic carbocycles. The van der Waals surface area contributed by atoms with Gasteiger partial charge in [0.05, 0.1) is 12.2 Å². The molecule has 19 heavy (non-hydrogen) atoms. The number of hydrogen-bond donors (Lipinski definition) is 1. The van der Waals surface area contributed by atoms with Crippen LogP contribution < -0.4 is 5.73 Å². The molecule has 4 heteroatoms. The first-order chi connectivity index (χ1) is 9.16. The topological polar surface area (TPSA) is 43.8 Å². The number of rotatable bonds is 2. The number of nitrogens with two attached hydrogens (primary N) is 1. The van der Waals surface area contributed by atoms with Gasteiger partial charge in [0.2, 0.25) is 0 Å². The van der Waals surface area contributed by atoms with Gasteiger partial charge in [-0.15, -0.1) is 0 Å². The van der Waals surface area contributed by atoms with E-state index in [1.54, 1.807) is 0 Å². The summed E-state index contributed by atoms with van der Waals surface area (Å²) in [6.07, 6.45) is 4.70. The van der Waals surface area contributed by atoms with E-state index < -0.39 is 0 Å². The molecule has 2 aromatic rings. The average molecular weight is 276 g/mol. The number of anilines is 1. The van der Waals surface area contributed by atoms with Crippen LogP contribution in [0.5, 0.6) is 0 Å². The van der Waals surface area contributed by atoms with Crippen molar-refractivity contribution in [3.63, 3.8) is 0 Å². The standard InChI is InChI=1S/C15H18ClN3/c1-10-18-14-7-2-3-8-15(14)19(10)9-11-12(16)5-4-6-13(11)17/h4-6H,2-3,7-9,17H2,1H3. The number of aryl methyl sites for hydroxylation is 2. The molecular weight excluding hydrogens is 258 g/mol. The molecule has 0 fully saturated rings. The molecule has 1 heterocycles. The van der Waals surface area contributed by atoms with Crippen LogP contribution in [0.15, 0.2) is 18.2 Å². The van der Waals surface area contributed by atoms with Gasteiger partial charge in [0.25, 0.3) is 0 Å². The molecule has 0 radical (unpaired) electrons. The minimum atomic E-state index is 0.722. The second-order valence-electron chi connectivity index (χ2n) is 5.15. The van der Waals surface area contributed by atoms with E-state index in [9.17, 15) is 0 Å². The van der Waals surface area contributed by atoms with Crippen LogP contribution in [0.4, 0.5) is 5.69 Å². The maximum Gasteiger partial charge on any atom is 0.106 e. The maximum atomic E-state index is 6.27. The van der Waals surface area contributed by atoms with E-state index in [0.717, 1.165) is 41.5 Å². The lowest BCUT2D eigenvalue weighted by Crippen LogP contribution is -2.11. The summed E-state index contributed by atoms with van der Waals surface area (Å²) in [5.74, 6) is 1.06. The maximum absolute atomic E-state index is 6.27. The monoisotopic (exact) mass is 275 g/mol. The van der Waals surface area contributed by atoms with Crippen LogP contribution >= 0.6 is 11.6 Å². The highest BCUT2D eigenvalue weighted by atomic mass is 35.5. The molecule has 0 aliphatic heterocycles. The minimum Gasteiger partial charge on any atom is -0.398 e. The lowest BCUT2D eigenvalue weighted by Gasteiger charge is -2.16. The third-order valence-electron chi connectivity index (χ3n) is 3.89. The van der Waals surface area contributed by atoms with Crippen LogP contribution in [0.1, 0.15) is 35.6 Å². The van der Waals surface area contributed by atoms with E-state index in [2.05, 4.69) is 16.5 Å². The lowest BCUT2D eigenvalue weighted by atomic mass is 10.0. The molecule has 0 saturated carbocycles. The second kappa shape index (κ2) is 4.89. The Bertz CT molecular complexity index is 596. The van der Waals surface area contributed by atoms with E-state index in [-0.39, 0.29) is 0 Å². The van der Waals surface area contributed by atoms with Crippen molar-refractivity contribution in [2.75, 3.05) is 5.73 Å². The number of imidazole rings is 1. The fourth-order valence-corrected chi connectivity index (χ4v) is 3.09. The number of nitrogen functional groups attached to an aromatic ring is 1. The second-order valence-corrected chi connectivity index (χ2v) is 5.56. The van der Waals surface area contributed by atoms with Gasteiger partial charge in [-0.2, -0.15) is 0 Å². The van der Waals surface area contributed by atoms with Gasteiger partial charge in [-0.25, -0.2) is 4.98 Å². The Morgan fingerprint density at radius 3 is 2.89 bits per heavy atom. The highest BCUT2D eigenvalue weighted by molar-refractivity contribution is 6.31. The predicted molar refractivity (Wildman–Crippen MR) is 78.6 cm³/mol. The quantitative estimate of drug-likeness (QED) is 0.854. The predicted octanol–water partition coefficient (Wildman–Crippen LogP) is 3.35. The molecule has 0 spiro atoms. The molecule has 3 rings (SSSR count). The fraction of sp³-hybridized carbons (Fsp3) is 0.400. The van der Waals surface area contributed by atoms with Crippen LogP contribution in [0.25, 0.3) is 0 Å². The molecule has 3 nitrogen and oxygen atoms in total. The van der Waals surface area contributed by atoms with Gasteiger partial charge >= 0.3 is 0 Å². The van der Waals surface area contributed by atoms with Gasteiger partial charge in [-0.3, -0.25) is 0 Å². The van der Waals surface area contributed by atoms with E-state index in [1.165, 1.54) is 24.2 Å². The molecule has 100 valence electrons. The summed E-state index contributed by atoms with van der Waals surface area (Å²) in [4.78, 5) is 4.69. The molecule has 0 amide bonds. The summed E-state index contributed by atoms with van der Waals surface area (Å²) in [6, 6.07) is 5.68. The van der Waals surface area contributed by atoms with Gasteiger partial charge in [0, 0.05) is 22.0 Å². The van der Waals surface area contributed by atoms with Crippen molar-refractivity contribution in [3.05, 3.63) is 46.0 Å². The van der Waals surface area contributed by atoms with Crippen molar-refractivity contribution in [1.82, 2.24) is 9.55 Å². The van der Waals surface area contributed by atoms with Gasteiger partial charge < -0.3 is 10.3 Å². The number of nitrogens with zero attached hydrogens (tertiary/aromatic N) is 2. The molecule has 0 atom stereocenters. The molecule has 1 aliphatic carbocycles. The van der Waals surface area contributed by atoms with Crippen molar-refractivity contribution in [1.29, 1.82) is 0 Å². The van der Waals surface area contributed by atoms with Gasteiger partial charge in [0.15, 0.2) is 0 Å². The summed E-state index contributed by atoms with van der Waals surface area (Å²) in [5.41, 5.74) is 10.4. The first-order valence-electron chi connectivity index (χ1n) is 6.74. The van der Waals surface area contributed by atoms with Crippen LogP contribution in [-0.4, -0.2) is 9.55 Å². The van der Waals surface area contributed by atoms with Gasteiger partial charge in [-0.1, -0.05) is 17.7 Å². The molecule has 1 aliphatic rings.